The summed E-state index contributed by atoms with van der Waals surface area (Å²) in [6.07, 6.45) is 7.02. The van der Waals surface area contributed by atoms with Crippen LogP contribution >= 0.6 is 15.9 Å². The van der Waals surface area contributed by atoms with Gasteiger partial charge in [0.2, 0.25) is 0 Å². The molecule has 30 heavy (non-hydrogen) atoms. The zero-order chi connectivity index (χ0) is 21.3. The second-order valence-electron chi connectivity index (χ2n) is 7.78. The maximum Gasteiger partial charge on any atom is 0.0252 e. The lowest BCUT2D eigenvalue weighted by atomic mass is 9.92. The molecule has 0 bridgehead atoms. The lowest BCUT2D eigenvalue weighted by Gasteiger charge is -2.13. The van der Waals surface area contributed by atoms with E-state index < -0.39 is 0 Å². The first-order valence-corrected chi connectivity index (χ1v) is 12.0. The van der Waals surface area contributed by atoms with E-state index in [-0.39, 0.29) is 0 Å². The van der Waals surface area contributed by atoms with Crippen LogP contribution in [-0.2, 0) is 19.3 Å². The van der Waals surface area contributed by atoms with E-state index in [2.05, 4.69) is 109 Å². The van der Waals surface area contributed by atoms with Crippen LogP contribution in [0.15, 0.2) is 65.1 Å². The van der Waals surface area contributed by atoms with E-state index in [1.165, 1.54) is 53.5 Å². The van der Waals surface area contributed by atoms with Crippen LogP contribution in [0.4, 0.5) is 0 Å². The van der Waals surface area contributed by atoms with Crippen LogP contribution in [0.3, 0.4) is 0 Å². The Bertz CT molecular complexity index is 1030. The topological polar surface area (TPSA) is 0 Å². The van der Waals surface area contributed by atoms with Crippen molar-refractivity contribution in [3.05, 3.63) is 93.0 Å². The zero-order valence-corrected chi connectivity index (χ0v) is 20.0. The number of rotatable bonds is 7. The molecular weight excluding hydrogens is 428 g/mol. The summed E-state index contributed by atoms with van der Waals surface area (Å²) < 4.78 is 1.14. The molecule has 0 nitrogen and oxygen atoms in total. The second-order valence-corrected chi connectivity index (χ2v) is 8.70. The van der Waals surface area contributed by atoms with Gasteiger partial charge in [-0.15, -0.1) is 0 Å². The minimum atomic E-state index is 0.997. The average molecular weight is 459 g/mol. The molecule has 0 radical (unpaired) electrons. The highest BCUT2D eigenvalue weighted by molar-refractivity contribution is 9.10. The van der Waals surface area contributed by atoms with Gasteiger partial charge in [-0.3, -0.25) is 0 Å². The van der Waals surface area contributed by atoms with Crippen molar-refractivity contribution in [2.75, 3.05) is 0 Å². The monoisotopic (exact) mass is 458 g/mol. The van der Waals surface area contributed by atoms with Gasteiger partial charge < -0.3 is 0 Å². The molecule has 154 valence electrons. The zero-order valence-electron chi connectivity index (χ0n) is 18.4. The van der Waals surface area contributed by atoms with Crippen molar-refractivity contribution in [3.8, 4) is 23.0 Å². The van der Waals surface area contributed by atoms with Gasteiger partial charge in [-0.1, -0.05) is 85.6 Å². The molecule has 0 spiro atoms. The Kier molecular flexibility index (Phi) is 8.35. The van der Waals surface area contributed by atoms with Crippen LogP contribution in [0.2, 0.25) is 0 Å². The third-order valence-electron chi connectivity index (χ3n) is 5.60. The normalized spacial score (nSPS) is 10.5. The van der Waals surface area contributed by atoms with E-state index in [0.29, 0.717) is 0 Å². The molecule has 0 fully saturated rings. The molecule has 0 aliphatic carbocycles. The van der Waals surface area contributed by atoms with Crippen molar-refractivity contribution in [3.63, 3.8) is 0 Å². The Balaban J connectivity index is 1.81. The van der Waals surface area contributed by atoms with E-state index in [9.17, 15) is 0 Å². The number of hydrogen-bond donors (Lipinski definition) is 0. The summed E-state index contributed by atoms with van der Waals surface area (Å²) in [5, 5.41) is 0. The average Bonchev–Trinajstić information content (AvgIpc) is 2.78. The smallest absolute Gasteiger partial charge is 0.0252 e. The molecule has 0 aromatic heterocycles. The summed E-state index contributed by atoms with van der Waals surface area (Å²) in [4.78, 5) is 0. The molecule has 0 heterocycles. The highest BCUT2D eigenvalue weighted by Crippen LogP contribution is 2.31. The maximum atomic E-state index is 3.60. The predicted molar refractivity (Wildman–Crippen MR) is 134 cm³/mol. The van der Waals surface area contributed by atoms with Crippen molar-refractivity contribution in [2.24, 2.45) is 0 Å². The van der Waals surface area contributed by atoms with Crippen LogP contribution < -0.4 is 0 Å². The Morgan fingerprint density at radius 2 is 1.27 bits per heavy atom. The van der Waals surface area contributed by atoms with Gasteiger partial charge in [0.25, 0.3) is 0 Å². The van der Waals surface area contributed by atoms with E-state index in [1.807, 2.05) is 0 Å². The standard InChI is InChI=1S/C29H31Br/c1-4-7-8-9-22-10-12-23(13-11-22)14-15-24-16-18-28(25(5-2)20-24)29-19-17-27(30)21-26(29)6-3/h10-13,16-21H,4-9H2,1-3H3. The minimum absolute atomic E-state index is 0.997. The molecular formula is C29H31Br. The van der Waals surface area contributed by atoms with Crippen LogP contribution in [0.1, 0.15) is 67.9 Å². The Labute approximate surface area is 190 Å². The summed E-state index contributed by atoms with van der Waals surface area (Å²) in [5.74, 6) is 6.71. The van der Waals surface area contributed by atoms with Crippen LogP contribution in [0.25, 0.3) is 11.1 Å². The molecule has 0 unspecified atom stereocenters. The van der Waals surface area contributed by atoms with Gasteiger partial charge >= 0.3 is 0 Å². The van der Waals surface area contributed by atoms with Crippen molar-refractivity contribution in [1.29, 1.82) is 0 Å². The fourth-order valence-corrected chi connectivity index (χ4v) is 4.23. The van der Waals surface area contributed by atoms with Gasteiger partial charge in [0.05, 0.1) is 0 Å². The summed E-state index contributed by atoms with van der Waals surface area (Å²) in [7, 11) is 0. The van der Waals surface area contributed by atoms with E-state index >= 15 is 0 Å². The van der Waals surface area contributed by atoms with Gasteiger partial charge in [0, 0.05) is 15.6 Å². The van der Waals surface area contributed by atoms with E-state index in [1.54, 1.807) is 0 Å². The van der Waals surface area contributed by atoms with E-state index in [0.717, 1.165) is 28.4 Å². The summed E-state index contributed by atoms with van der Waals surface area (Å²) >= 11 is 3.60. The Morgan fingerprint density at radius 3 is 1.93 bits per heavy atom. The fourth-order valence-electron chi connectivity index (χ4n) is 3.82. The van der Waals surface area contributed by atoms with Crippen molar-refractivity contribution >= 4 is 15.9 Å². The molecule has 0 N–H and O–H groups in total. The molecule has 0 saturated carbocycles. The summed E-state index contributed by atoms with van der Waals surface area (Å²) in [6.45, 7) is 6.68. The van der Waals surface area contributed by atoms with Gasteiger partial charge in [0.1, 0.15) is 0 Å². The predicted octanol–water partition coefficient (Wildman–Crippen LogP) is 8.37. The Hall–Kier alpha value is -2.30. The van der Waals surface area contributed by atoms with Crippen molar-refractivity contribution in [1.82, 2.24) is 0 Å². The second kappa shape index (κ2) is 11.2. The number of benzene rings is 3. The molecule has 3 rings (SSSR count). The summed E-state index contributed by atoms with van der Waals surface area (Å²) in [6, 6.07) is 22.0. The summed E-state index contributed by atoms with van der Waals surface area (Å²) in [5.41, 5.74) is 8.95. The van der Waals surface area contributed by atoms with Gasteiger partial charge in [-0.25, -0.2) is 0 Å². The molecule has 0 aliphatic heterocycles. The number of hydrogen-bond acceptors (Lipinski definition) is 0. The van der Waals surface area contributed by atoms with Crippen molar-refractivity contribution < 1.29 is 0 Å². The van der Waals surface area contributed by atoms with Crippen LogP contribution in [0.5, 0.6) is 0 Å². The number of halogens is 1. The SMILES string of the molecule is CCCCCc1ccc(C#Cc2ccc(-c3ccc(Br)cc3CC)c(CC)c2)cc1. The molecule has 1 heteroatoms. The lowest BCUT2D eigenvalue weighted by molar-refractivity contribution is 0.717. The molecule has 0 amide bonds. The van der Waals surface area contributed by atoms with Crippen molar-refractivity contribution in [2.45, 2.75) is 59.3 Å². The number of unbranched alkanes of at least 4 members (excludes halogenated alkanes) is 2. The molecule has 0 atom stereocenters. The van der Waals surface area contributed by atoms with Crippen LogP contribution in [-0.4, -0.2) is 0 Å². The van der Waals surface area contributed by atoms with Gasteiger partial charge in [-0.2, -0.15) is 0 Å². The maximum absolute atomic E-state index is 3.60. The molecule has 3 aromatic rings. The fraction of sp³-hybridized carbons (Fsp3) is 0.310. The van der Waals surface area contributed by atoms with Gasteiger partial charge in [0.15, 0.2) is 0 Å². The molecule has 3 aromatic carbocycles. The quantitative estimate of drug-likeness (QED) is 0.246. The van der Waals surface area contributed by atoms with Crippen LogP contribution in [0, 0.1) is 11.8 Å². The number of aryl methyl sites for hydroxylation is 3. The first-order valence-electron chi connectivity index (χ1n) is 11.2. The third kappa shape index (κ3) is 5.87. The minimum Gasteiger partial charge on any atom is -0.0654 e. The third-order valence-corrected chi connectivity index (χ3v) is 6.09. The highest BCUT2D eigenvalue weighted by atomic mass is 79.9. The van der Waals surface area contributed by atoms with E-state index in [4.69, 9.17) is 0 Å². The lowest BCUT2D eigenvalue weighted by Crippen LogP contribution is -1.94. The highest BCUT2D eigenvalue weighted by Gasteiger charge is 2.09. The largest absolute Gasteiger partial charge is 0.0654 e. The Morgan fingerprint density at radius 1 is 0.667 bits per heavy atom. The first kappa shape index (κ1) is 22.4. The molecule has 0 aliphatic rings. The molecule has 0 saturated heterocycles. The van der Waals surface area contributed by atoms with Gasteiger partial charge in [-0.05, 0) is 89.9 Å². The first-order chi connectivity index (χ1) is 14.6.